The Balaban J connectivity index is 2.38. The maximum Gasteiger partial charge on any atom is 0.255 e. The number of hydrogen-bond donors (Lipinski definition) is 1. The summed E-state index contributed by atoms with van der Waals surface area (Å²) in [6.45, 7) is 7.39. The molecule has 2 rings (SSSR count). The molecule has 148 valence electrons. The lowest BCUT2D eigenvalue weighted by Crippen LogP contribution is -2.42. The van der Waals surface area contributed by atoms with Gasteiger partial charge in [-0.05, 0) is 58.2 Å². The summed E-state index contributed by atoms with van der Waals surface area (Å²) in [4.78, 5) is 15.1. The third-order valence-corrected chi connectivity index (χ3v) is 6.48. The average molecular weight is 391 g/mol. The minimum absolute atomic E-state index is 0.0932. The summed E-state index contributed by atoms with van der Waals surface area (Å²) >= 11 is 0. The van der Waals surface area contributed by atoms with E-state index < -0.39 is 15.6 Å². The molecule has 0 bridgehead atoms. The van der Waals surface area contributed by atoms with Crippen molar-refractivity contribution in [3.8, 4) is 12.3 Å². The van der Waals surface area contributed by atoms with E-state index in [1.807, 2.05) is 6.92 Å². The molecule has 0 radical (unpaired) electrons. The first kappa shape index (κ1) is 21.5. The molecule has 1 aromatic carbocycles. The van der Waals surface area contributed by atoms with Crippen LogP contribution in [0.3, 0.4) is 0 Å². The molecule has 27 heavy (non-hydrogen) atoms. The van der Waals surface area contributed by atoms with E-state index in [1.54, 1.807) is 31.7 Å². The quantitative estimate of drug-likeness (QED) is 0.783. The van der Waals surface area contributed by atoms with Crippen molar-refractivity contribution in [1.29, 1.82) is 0 Å². The second-order valence-corrected chi connectivity index (χ2v) is 9.94. The lowest BCUT2D eigenvalue weighted by molar-refractivity contribution is 0.0666. The highest BCUT2D eigenvalue weighted by atomic mass is 32.2. The summed E-state index contributed by atoms with van der Waals surface area (Å²) in [6.07, 6.45) is 10.7. The molecule has 1 aliphatic rings. The lowest BCUT2D eigenvalue weighted by Gasteiger charge is -2.33. The zero-order valence-electron chi connectivity index (χ0n) is 16.7. The summed E-state index contributed by atoms with van der Waals surface area (Å²) in [5.41, 5.74) is 0.533. The van der Waals surface area contributed by atoms with Crippen molar-refractivity contribution in [2.45, 2.75) is 76.3 Å². The molecule has 0 unspecified atom stereocenters. The first-order valence-corrected chi connectivity index (χ1v) is 10.9. The number of nitrogens with one attached hydrogen (secondary N) is 1. The van der Waals surface area contributed by atoms with Gasteiger partial charge in [0, 0.05) is 17.1 Å². The van der Waals surface area contributed by atoms with Gasteiger partial charge in [0.1, 0.15) is 0 Å². The molecule has 1 aromatic rings. The average Bonchev–Trinajstić information content (AvgIpc) is 2.58. The van der Waals surface area contributed by atoms with E-state index in [0.29, 0.717) is 5.56 Å². The van der Waals surface area contributed by atoms with Crippen molar-refractivity contribution < 1.29 is 13.2 Å². The van der Waals surface area contributed by atoms with Crippen LogP contribution in [0.4, 0.5) is 0 Å². The van der Waals surface area contributed by atoms with Crippen LogP contribution in [0.1, 0.15) is 68.8 Å². The summed E-state index contributed by atoms with van der Waals surface area (Å²) in [6, 6.07) is 4.80. The molecule has 1 saturated carbocycles. The number of amides is 1. The maximum atomic E-state index is 13.2. The van der Waals surface area contributed by atoms with Crippen LogP contribution >= 0.6 is 0 Å². The third-order valence-electron chi connectivity index (χ3n) is 4.73. The molecule has 1 amide bonds. The summed E-state index contributed by atoms with van der Waals surface area (Å²) < 4.78 is 28.0. The van der Waals surface area contributed by atoms with Crippen LogP contribution in [0.2, 0.25) is 0 Å². The smallest absolute Gasteiger partial charge is 0.255 e. The number of benzene rings is 1. The number of terminal acetylenes is 1. The molecule has 0 atom stereocenters. The van der Waals surface area contributed by atoms with Crippen molar-refractivity contribution in [2.24, 2.45) is 0 Å². The molecule has 0 aromatic heterocycles. The Bertz CT molecular complexity index is 826. The third kappa shape index (κ3) is 5.57. The molecule has 6 heteroatoms. The van der Waals surface area contributed by atoms with Crippen LogP contribution < -0.4 is 4.72 Å². The van der Waals surface area contributed by atoms with Crippen molar-refractivity contribution in [2.75, 3.05) is 6.54 Å². The summed E-state index contributed by atoms with van der Waals surface area (Å²) in [7, 11) is -3.71. The fourth-order valence-electron chi connectivity index (χ4n) is 3.47. The number of rotatable bonds is 5. The molecule has 0 aliphatic heterocycles. The largest absolute Gasteiger partial charge is 0.325 e. The molecule has 5 nitrogen and oxygen atoms in total. The molecule has 0 saturated heterocycles. The highest BCUT2D eigenvalue weighted by Crippen LogP contribution is 2.26. The van der Waals surface area contributed by atoms with Gasteiger partial charge in [-0.3, -0.25) is 4.79 Å². The van der Waals surface area contributed by atoms with E-state index >= 15 is 0 Å². The standard InChI is InChI=1S/C21H30N2O3S/c1-6-14-23(17-10-8-7-9-11-17)20(24)19-15-18(13-12-16(19)2)27(25,26)22-21(3,4)5/h1,12-13,15,17,22H,7-11,14H2,2-5H3. The Hall–Kier alpha value is -1.84. The minimum atomic E-state index is -3.71. The Labute approximate surface area is 163 Å². The van der Waals surface area contributed by atoms with Crippen LogP contribution in [0.15, 0.2) is 23.1 Å². The molecular formula is C21H30N2O3S. The number of carbonyl (C=O) groups is 1. The first-order valence-electron chi connectivity index (χ1n) is 9.44. The number of sulfonamides is 1. The van der Waals surface area contributed by atoms with Gasteiger partial charge in [-0.1, -0.05) is 31.2 Å². The molecule has 1 fully saturated rings. The van der Waals surface area contributed by atoms with Gasteiger partial charge in [-0.15, -0.1) is 6.42 Å². The summed E-state index contributed by atoms with van der Waals surface area (Å²) in [5, 5.41) is 0. The monoisotopic (exact) mass is 390 g/mol. The topological polar surface area (TPSA) is 66.5 Å². The number of hydrogen-bond acceptors (Lipinski definition) is 3. The second kappa shape index (κ2) is 8.45. The van der Waals surface area contributed by atoms with Gasteiger partial charge < -0.3 is 4.90 Å². The highest BCUT2D eigenvalue weighted by molar-refractivity contribution is 7.89. The predicted octanol–water partition coefficient (Wildman–Crippen LogP) is 3.48. The number of carbonyl (C=O) groups excluding carboxylic acids is 1. The van der Waals surface area contributed by atoms with Gasteiger partial charge in [0.05, 0.1) is 11.4 Å². The predicted molar refractivity (Wildman–Crippen MR) is 108 cm³/mol. The first-order chi connectivity index (χ1) is 12.5. The van der Waals surface area contributed by atoms with Gasteiger partial charge in [0.25, 0.3) is 5.91 Å². The minimum Gasteiger partial charge on any atom is -0.325 e. The number of nitrogens with zero attached hydrogens (tertiary/aromatic N) is 1. The van der Waals surface area contributed by atoms with Crippen molar-refractivity contribution in [1.82, 2.24) is 9.62 Å². The fraction of sp³-hybridized carbons (Fsp3) is 0.571. The van der Waals surface area contributed by atoms with Crippen molar-refractivity contribution in [3.63, 3.8) is 0 Å². The van der Waals surface area contributed by atoms with Crippen molar-refractivity contribution >= 4 is 15.9 Å². The molecule has 0 spiro atoms. The van der Waals surface area contributed by atoms with Gasteiger partial charge in [0.2, 0.25) is 10.0 Å². The Morgan fingerprint density at radius 1 is 1.26 bits per heavy atom. The van der Waals surface area contributed by atoms with E-state index in [1.165, 1.54) is 18.6 Å². The Kier molecular flexibility index (Phi) is 6.72. The van der Waals surface area contributed by atoms with Crippen molar-refractivity contribution in [3.05, 3.63) is 29.3 Å². The number of aryl methyl sites for hydroxylation is 1. The zero-order valence-corrected chi connectivity index (χ0v) is 17.5. The van der Waals surface area contributed by atoms with Crippen LogP contribution in [0.25, 0.3) is 0 Å². The van der Waals surface area contributed by atoms with Gasteiger partial charge >= 0.3 is 0 Å². The van der Waals surface area contributed by atoms with E-state index in [4.69, 9.17) is 6.42 Å². The Morgan fingerprint density at radius 2 is 1.89 bits per heavy atom. The lowest BCUT2D eigenvalue weighted by atomic mass is 9.93. The fourth-order valence-corrected chi connectivity index (χ4v) is 4.92. The van der Waals surface area contributed by atoms with E-state index in [2.05, 4.69) is 10.6 Å². The second-order valence-electron chi connectivity index (χ2n) is 8.26. The molecule has 0 heterocycles. The van der Waals surface area contributed by atoms with Crippen LogP contribution in [0, 0.1) is 19.3 Å². The normalized spacial score (nSPS) is 16.0. The van der Waals surface area contributed by atoms with Gasteiger partial charge in [-0.25, -0.2) is 13.1 Å². The SMILES string of the molecule is C#CCN(C(=O)c1cc(S(=O)(=O)NC(C)(C)C)ccc1C)C1CCCCC1. The van der Waals surface area contributed by atoms with Crippen LogP contribution in [-0.4, -0.2) is 37.4 Å². The molecule has 1 aliphatic carbocycles. The van der Waals surface area contributed by atoms with Gasteiger partial charge in [-0.2, -0.15) is 0 Å². The van der Waals surface area contributed by atoms with Gasteiger partial charge in [0.15, 0.2) is 0 Å². The van der Waals surface area contributed by atoms with Crippen LogP contribution in [-0.2, 0) is 10.0 Å². The summed E-state index contributed by atoms with van der Waals surface area (Å²) in [5.74, 6) is 2.40. The Morgan fingerprint density at radius 3 is 2.44 bits per heavy atom. The van der Waals surface area contributed by atoms with E-state index in [-0.39, 0.29) is 23.4 Å². The molecular weight excluding hydrogens is 360 g/mol. The maximum absolute atomic E-state index is 13.2. The van der Waals surface area contributed by atoms with Crippen LogP contribution in [0.5, 0.6) is 0 Å². The molecule has 1 N–H and O–H groups in total. The zero-order chi connectivity index (χ0) is 20.2. The van der Waals surface area contributed by atoms with E-state index in [9.17, 15) is 13.2 Å². The highest BCUT2D eigenvalue weighted by Gasteiger charge is 2.28. The van der Waals surface area contributed by atoms with E-state index in [0.717, 1.165) is 31.2 Å².